The van der Waals surface area contributed by atoms with Crippen LogP contribution in [0.2, 0.25) is 0 Å². The molecule has 1 aromatic carbocycles. The molecule has 0 bridgehead atoms. The third-order valence-electron chi connectivity index (χ3n) is 4.66. The van der Waals surface area contributed by atoms with Gasteiger partial charge in [-0.25, -0.2) is 9.67 Å². The second kappa shape index (κ2) is 8.67. The lowest BCUT2D eigenvalue weighted by atomic mass is 10.2. The predicted molar refractivity (Wildman–Crippen MR) is 108 cm³/mol. The average Bonchev–Trinajstić information content (AvgIpc) is 3.23. The number of hydrogen-bond donors (Lipinski definition) is 1. The normalized spacial score (nSPS) is 14.1. The Morgan fingerprint density at radius 1 is 1.07 bits per heavy atom. The molecule has 0 spiro atoms. The van der Waals surface area contributed by atoms with Gasteiger partial charge in [-0.2, -0.15) is 5.10 Å². The molecule has 1 fully saturated rings. The van der Waals surface area contributed by atoms with Crippen LogP contribution in [-0.4, -0.2) is 47.0 Å². The van der Waals surface area contributed by atoms with Gasteiger partial charge in [-0.05, 0) is 36.2 Å². The van der Waals surface area contributed by atoms with Crippen LogP contribution in [0.3, 0.4) is 0 Å². The summed E-state index contributed by atoms with van der Waals surface area (Å²) in [4.78, 5) is 18.9. The van der Waals surface area contributed by atoms with Crippen LogP contribution < -0.4 is 10.2 Å². The molecule has 1 amide bonds. The number of rotatable bonds is 6. The zero-order valence-corrected chi connectivity index (χ0v) is 15.6. The number of amides is 1. The van der Waals surface area contributed by atoms with E-state index in [1.54, 1.807) is 12.4 Å². The van der Waals surface area contributed by atoms with Crippen molar-refractivity contribution in [3.8, 4) is 5.69 Å². The molecule has 28 heavy (non-hydrogen) atoms. The number of nitrogens with one attached hydrogen (secondary N) is 1. The quantitative estimate of drug-likeness (QED) is 0.715. The number of aryl methyl sites for hydroxylation is 1. The summed E-state index contributed by atoms with van der Waals surface area (Å²) in [5.74, 6) is 0.878. The van der Waals surface area contributed by atoms with Crippen molar-refractivity contribution in [2.24, 2.45) is 0 Å². The molecule has 0 aliphatic carbocycles. The average molecular weight is 377 g/mol. The van der Waals surface area contributed by atoms with E-state index in [4.69, 9.17) is 4.74 Å². The van der Waals surface area contributed by atoms with Crippen molar-refractivity contribution in [2.45, 2.75) is 12.8 Å². The smallest absolute Gasteiger partial charge is 0.224 e. The fourth-order valence-electron chi connectivity index (χ4n) is 3.13. The van der Waals surface area contributed by atoms with Crippen LogP contribution in [0.5, 0.6) is 0 Å². The lowest BCUT2D eigenvalue weighted by Gasteiger charge is -2.27. The fourth-order valence-corrected chi connectivity index (χ4v) is 3.13. The molecular formula is C21H23N5O2. The first-order valence-corrected chi connectivity index (χ1v) is 9.45. The third kappa shape index (κ3) is 4.55. The van der Waals surface area contributed by atoms with Crippen molar-refractivity contribution >= 4 is 17.4 Å². The molecule has 1 aliphatic rings. The van der Waals surface area contributed by atoms with E-state index in [1.807, 2.05) is 53.3 Å². The highest BCUT2D eigenvalue weighted by Gasteiger charge is 2.12. The van der Waals surface area contributed by atoms with Crippen molar-refractivity contribution in [1.29, 1.82) is 0 Å². The summed E-state index contributed by atoms with van der Waals surface area (Å²) in [5.41, 5.74) is 2.74. The Morgan fingerprint density at radius 3 is 2.64 bits per heavy atom. The van der Waals surface area contributed by atoms with Crippen molar-refractivity contribution < 1.29 is 9.53 Å². The molecule has 1 N–H and O–H groups in total. The summed E-state index contributed by atoms with van der Waals surface area (Å²) < 4.78 is 7.18. The summed E-state index contributed by atoms with van der Waals surface area (Å²) in [6, 6.07) is 13.7. The number of anilines is 2. The van der Waals surface area contributed by atoms with Crippen LogP contribution >= 0.6 is 0 Å². The van der Waals surface area contributed by atoms with Crippen molar-refractivity contribution in [3.05, 3.63) is 66.6 Å². The molecule has 1 saturated heterocycles. The highest BCUT2D eigenvalue weighted by molar-refractivity contribution is 5.90. The number of ether oxygens (including phenoxy) is 1. The van der Waals surface area contributed by atoms with Crippen LogP contribution in [0.4, 0.5) is 11.5 Å². The fraction of sp³-hybridized carbons (Fsp3) is 0.286. The van der Waals surface area contributed by atoms with E-state index < -0.39 is 0 Å². The van der Waals surface area contributed by atoms with E-state index in [0.717, 1.165) is 43.4 Å². The minimum atomic E-state index is -0.0339. The Bertz CT molecular complexity index is 902. The van der Waals surface area contributed by atoms with Gasteiger partial charge in [0, 0.05) is 25.7 Å². The molecule has 0 radical (unpaired) electrons. The van der Waals surface area contributed by atoms with E-state index in [2.05, 4.69) is 20.3 Å². The van der Waals surface area contributed by atoms with Gasteiger partial charge < -0.3 is 15.0 Å². The summed E-state index contributed by atoms with van der Waals surface area (Å²) in [5, 5.41) is 7.27. The monoisotopic (exact) mass is 377 g/mol. The molecule has 1 aliphatic heterocycles. The number of para-hydroxylation sites is 1. The van der Waals surface area contributed by atoms with Gasteiger partial charge in [-0.15, -0.1) is 0 Å². The minimum absolute atomic E-state index is 0.0339. The summed E-state index contributed by atoms with van der Waals surface area (Å²) in [6.45, 7) is 3.13. The summed E-state index contributed by atoms with van der Waals surface area (Å²) in [7, 11) is 0. The van der Waals surface area contributed by atoms with Gasteiger partial charge in [0.1, 0.15) is 5.82 Å². The number of aromatic nitrogens is 3. The zero-order chi connectivity index (χ0) is 19.2. The van der Waals surface area contributed by atoms with E-state index in [9.17, 15) is 4.79 Å². The molecule has 7 nitrogen and oxygen atoms in total. The maximum atomic E-state index is 12.3. The Balaban J connectivity index is 1.28. The Hall–Kier alpha value is -3.19. The zero-order valence-electron chi connectivity index (χ0n) is 15.6. The van der Waals surface area contributed by atoms with Gasteiger partial charge in [0.25, 0.3) is 0 Å². The van der Waals surface area contributed by atoms with Crippen LogP contribution in [-0.2, 0) is 16.0 Å². The van der Waals surface area contributed by atoms with E-state index in [-0.39, 0.29) is 5.91 Å². The van der Waals surface area contributed by atoms with Crippen LogP contribution in [0, 0.1) is 0 Å². The van der Waals surface area contributed by atoms with Gasteiger partial charge in [-0.1, -0.05) is 18.2 Å². The SMILES string of the molecule is O=C(CCc1cnn(-c2ccccc2)c1)Nc1ccc(N2CCOCC2)nc1. The highest BCUT2D eigenvalue weighted by Crippen LogP contribution is 2.16. The minimum Gasteiger partial charge on any atom is -0.378 e. The standard InChI is InChI=1S/C21H23N5O2/c27-21(9-6-17-14-23-26(16-17)19-4-2-1-3-5-19)24-18-7-8-20(22-15-18)25-10-12-28-13-11-25/h1-5,7-8,14-16H,6,9-13H2,(H,24,27). The Morgan fingerprint density at radius 2 is 1.89 bits per heavy atom. The molecule has 7 heteroatoms. The van der Waals surface area contributed by atoms with E-state index in [1.165, 1.54) is 0 Å². The lowest BCUT2D eigenvalue weighted by molar-refractivity contribution is -0.116. The maximum Gasteiger partial charge on any atom is 0.224 e. The molecule has 0 atom stereocenters. The van der Waals surface area contributed by atoms with Gasteiger partial charge in [0.05, 0.1) is 37.0 Å². The number of morpholine rings is 1. The first kappa shape index (κ1) is 18.2. The van der Waals surface area contributed by atoms with Crippen LogP contribution in [0.1, 0.15) is 12.0 Å². The number of carbonyl (C=O) groups excluding carboxylic acids is 1. The molecule has 144 valence electrons. The topological polar surface area (TPSA) is 72.3 Å². The molecule has 3 heterocycles. The number of benzene rings is 1. The molecule has 0 unspecified atom stereocenters. The Labute approximate surface area is 164 Å². The van der Waals surface area contributed by atoms with Gasteiger partial charge in [0.15, 0.2) is 0 Å². The number of pyridine rings is 1. The largest absolute Gasteiger partial charge is 0.378 e. The predicted octanol–water partition coefficient (Wildman–Crippen LogP) is 2.68. The van der Waals surface area contributed by atoms with E-state index >= 15 is 0 Å². The molecule has 2 aromatic heterocycles. The first-order valence-electron chi connectivity index (χ1n) is 9.45. The maximum absolute atomic E-state index is 12.3. The molecular weight excluding hydrogens is 354 g/mol. The van der Waals surface area contributed by atoms with Gasteiger partial charge in [0.2, 0.25) is 5.91 Å². The lowest BCUT2D eigenvalue weighted by Crippen LogP contribution is -2.36. The number of nitrogens with zero attached hydrogens (tertiary/aromatic N) is 4. The molecule has 3 aromatic rings. The highest BCUT2D eigenvalue weighted by atomic mass is 16.5. The third-order valence-corrected chi connectivity index (χ3v) is 4.66. The van der Waals surface area contributed by atoms with Crippen molar-refractivity contribution in [3.63, 3.8) is 0 Å². The van der Waals surface area contributed by atoms with Gasteiger partial charge in [-0.3, -0.25) is 4.79 Å². The number of hydrogen-bond acceptors (Lipinski definition) is 5. The summed E-state index contributed by atoms with van der Waals surface area (Å²) in [6.07, 6.45) is 6.50. The van der Waals surface area contributed by atoms with Crippen molar-refractivity contribution in [2.75, 3.05) is 36.5 Å². The van der Waals surface area contributed by atoms with E-state index in [0.29, 0.717) is 18.5 Å². The van der Waals surface area contributed by atoms with Crippen LogP contribution in [0.25, 0.3) is 5.69 Å². The second-order valence-corrected chi connectivity index (χ2v) is 6.68. The van der Waals surface area contributed by atoms with Gasteiger partial charge >= 0.3 is 0 Å². The molecule has 4 rings (SSSR count). The van der Waals surface area contributed by atoms with Crippen LogP contribution in [0.15, 0.2) is 61.1 Å². The second-order valence-electron chi connectivity index (χ2n) is 6.68. The first-order chi connectivity index (χ1) is 13.8. The number of carbonyl (C=O) groups is 1. The summed E-state index contributed by atoms with van der Waals surface area (Å²) >= 11 is 0. The Kier molecular flexibility index (Phi) is 5.63. The van der Waals surface area contributed by atoms with Crippen molar-refractivity contribution in [1.82, 2.24) is 14.8 Å². The molecule has 0 saturated carbocycles.